The number of nitrogens with two attached hydrogens (primary N) is 1. The molecule has 0 saturated carbocycles. The third-order valence-corrected chi connectivity index (χ3v) is 4.61. The Kier molecular flexibility index (Phi) is 4.72. The standard InChI is InChI=1S/C13H24N4S/c1-10-6-17(8-12(10)16(2)3)7-11-9-18-13(15-11)4-5-14/h9-10,12H,4-8,14H2,1-3H3. The number of likely N-dealkylation sites (tertiary alicyclic amines) is 1. The number of hydrogen-bond donors (Lipinski definition) is 1. The van der Waals surface area contributed by atoms with Gasteiger partial charge in [-0.3, -0.25) is 4.90 Å². The van der Waals surface area contributed by atoms with Gasteiger partial charge in [0, 0.05) is 37.5 Å². The second-order valence-electron chi connectivity index (χ2n) is 5.47. The lowest BCUT2D eigenvalue weighted by molar-refractivity contribution is 0.249. The summed E-state index contributed by atoms with van der Waals surface area (Å²) in [6.07, 6.45) is 0.904. The summed E-state index contributed by atoms with van der Waals surface area (Å²) in [6.45, 7) is 6.34. The Morgan fingerprint density at radius 3 is 2.89 bits per heavy atom. The third kappa shape index (κ3) is 3.29. The monoisotopic (exact) mass is 268 g/mol. The summed E-state index contributed by atoms with van der Waals surface area (Å²) in [7, 11) is 4.35. The summed E-state index contributed by atoms with van der Waals surface area (Å²) < 4.78 is 0. The Balaban J connectivity index is 1.90. The first-order valence-electron chi connectivity index (χ1n) is 6.62. The van der Waals surface area contributed by atoms with Gasteiger partial charge in [0.25, 0.3) is 0 Å². The van der Waals surface area contributed by atoms with Crippen LogP contribution < -0.4 is 5.73 Å². The van der Waals surface area contributed by atoms with Crippen molar-refractivity contribution in [2.45, 2.75) is 25.9 Å². The third-order valence-electron chi connectivity index (χ3n) is 3.65. The highest BCUT2D eigenvalue weighted by Gasteiger charge is 2.30. The lowest BCUT2D eigenvalue weighted by atomic mass is 10.1. The highest BCUT2D eigenvalue weighted by molar-refractivity contribution is 7.09. The molecular formula is C13H24N4S. The summed E-state index contributed by atoms with van der Waals surface area (Å²) in [6, 6.07) is 0.673. The maximum absolute atomic E-state index is 5.55. The van der Waals surface area contributed by atoms with Crippen molar-refractivity contribution in [1.82, 2.24) is 14.8 Å². The fourth-order valence-corrected chi connectivity index (χ4v) is 3.54. The van der Waals surface area contributed by atoms with Gasteiger partial charge in [-0.1, -0.05) is 6.92 Å². The Morgan fingerprint density at radius 1 is 1.50 bits per heavy atom. The Hall–Kier alpha value is -0.490. The molecule has 0 bridgehead atoms. The number of aromatic nitrogens is 1. The topological polar surface area (TPSA) is 45.4 Å². The molecule has 2 atom stereocenters. The van der Waals surface area contributed by atoms with Crippen molar-refractivity contribution in [3.05, 3.63) is 16.1 Å². The number of nitrogens with zero attached hydrogens (tertiary/aromatic N) is 3. The second-order valence-corrected chi connectivity index (χ2v) is 6.42. The van der Waals surface area contributed by atoms with Crippen molar-refractivity contribution >= 4 is 11.3 Å². The van der Waals surface area contributed by atoms with Crippen LogP contribution in [0, 0.1) is 5.92 Å². The van der Waals surface area contributed by atoms with Crippen LogP contribution in [-0.2, 0) is 13.0 Å². The van der Waals surface area contributed by atoms with Crippen molar-refractivity contribution in [1.29, 1.82) is 0 Å². The van der Waals surface area contributed by atoms with Crippen LogP contribution in [0.3, 0.4) is 0 Å². The number of rotatable bonds is 5. The fourth-order valence-electron chi connectivity index (χ4n) is 2.74. The summed E-state index contributed by atoms with van der Waals surface area (Å²) in [5.74, 6) is 0.738. The van der Waals surface area contributed by atoms with Crippen LogP contribution in [0.1, 0.15) is 17.6 Å². The Labute approximate surface area is 114 Å². The van der Waals surface area contributed by atoms with E-state index in [0.717, 1.165) is 25.4 Å². The molecule has 2 N–H and O–H groups in total. The van der Waals surface area contributed by atoms with Crippen LogP contribution in [0.25, 0.3) is 0 Å². The first-order chi connectivity index (χ1) is 8.60. The maximum Gasteiger partial charge on any atom is 0.0941 e. The van der Waals surface area contributed by atoms with Gasteiger partial charge in [-0.2, -0.15) is 0 Å². The molecule has 1 aromatic rings. The van der Waals surface area contributed by atoms with Crippen molar-refractivity contribution in [2.24, 2.45) is 11.7 Å². The first-order valence-corrected chi connectivity index (χ1v) is 7.50. The lowest BCUT2D eigenvalue weighted by Gasteiger charge is -2.22. The quantitative estimate of drug-likeness (QED) is 0.866. The fraction of sp³-hybridized carbons (Fsp3) is 0.769. The number of thiazole rings is 1. The minimum absolute atomic E-state index is 0.673. The zero-order chi connectivity index (χ0) is 13.1. The summed E-state index contributed by atoms with van der Waals surface area (Å²) >= 11 is 1.74. The van der Waals surface area contributed by atoms with E-state index < -0.39 is 0 Å². The smallest absolute Gasteiger partial charge is 0.0941 e. The largest absolute Gasteiger partial charge is 0.330 e. The molecule has 18 heavy (non-hydrogen) atoms. The molecule has 0 amide bonds. The minimum atomic E-state index is 0.673. The molecule has 4 nitrogen and oxygen atoms in total. The van der Waals surface area contributed by atoms with Crippen LogP contribution in [-0.4, -0.2) is 54.6 Å². The minimum Gasteiger partial charge on any atom is -0.330 e. The van der Waals surface area contributed by atoms with Crippen LogP contribution in [0.15, 0.2) is 5.38 Å². The van der Waals surface area contributed by atoms with Gasteiger partial charge in [0.05, 0.1) is 10.7 Å². The summed E-state index contributed by atoms with van der Waals surface area (Å²) in [4.78, 5) is 9.49. The molecule has 1 aliphatic heterocycles. The van der Waals surface area contributed by atoms with Crippen molar-refractivity contribution in [3.63, 3.8) is 0 Å². The van der Waals surface area contributed by atoms with Crippen LogP contribution in [0.4, 0.5) is 0 Å². The second kappa shape index (κ2) is 6.10. The summed E-state index contributed by atoms with van der Waals surface area (Å²) in [5.41, 5.74) is 6.76. The molecule has 0 spiro atoms. The van der Waals surface area contributed by atoms with Gasteiger partial charge in [-0.15, -0.1) is 11.3 Å². The zero-order valence-electron chi connectivity index (χ0n) is 11.6. The van der Waals surface area contributed by atoms with Gasteiger partial charge in [0.2, 0.25) is 0 Å². The molecule has 1 aliphatic rings. The van der Waals surface area contributed by atoms with Gasteiger partial charge in [-0.05, 0) is 26.6 Å². The predicted molar refractivity (Wildman–Crippen MR) is 76.8 cm³/mol. The average Bonchev–Trinajstić information content (AvgIpc) is 2.87. The highest BCUT2D eigenvalue weighted by Crippen LogP contribution is 2.22. The van der Waals surface area contributed by atoms with Gasteiger partial charge in [-0.25, -0.2) is 4.98 Å². The van der Waals surface area contributed by atoms with Crippen molar-refractivity contribution in [3.8, 4) is 0 Å². The molecule has 2 unspecified atom stereocenters. The first kappa shape index (κ1) is 13.9. The van der Waals surface area contributed by atoms with E-state index in [2.05, 4.69) is 41.2 Å². The number of hydrogen-bond acceptors (Lipinski definition) is 5. The van der Waals surface area contributed by atoms with E-state index in [0.29, 0.717) is 12.6 Å². The molecule has 0 radical (unpaired) electrons. The molecule has 5 heteroatoms. The predicted octanol–water partition coefficient (Wildman–Crippen LogP) is 1.03. The molecule has 1 fully saturated rings. The van der Waals surface area contributed by atoms with E-state index in [9.17, 15) is 0 Å². The van der Waals surface area contributed by atoms with E-state index in [4.69, 9.17) is 5.73 Å². The van der Waals surface area contributed by atoms with E-state index >= 15 is 0 Å². The van der Waals surface area contributed by atoms with E-state index in [1.165, 1.54) is 17.2 Å². The van der Waals surface area contributed by atoms with Crippen LogP contribution in [0.5, 0.6) is 0 Å². The van der Waals surface area contributed by atoms with Crippen molar-refractivity contribution < 1.29 is 0 Å². The van der Waals surface area contributed by atoms with Crippen LogP contribution in [0.2, 0.25) is 0 Å². The van der Waals surface area contributed by atoms with Gasteiger partial charge in [0.15, 0.2) is 0 Å². The van der Waals surface area contributed by atoms with Crippen LogP contribution >= 0.6 is 11.3 Å². The van der Waals surface area contributed by atoms with E-state index in [1.54, 1.807) is 11.3 Å². The zero-order valence-corrected chi connectivity index (χ0v) is 12.4. The molecular weight excluding hydrogens is 244 g/mol. The highest BCUT2D eigenvalue weighted by atomic mass is 32.1. The SMILES string of the molecule is CC1CN(Cc2csc(CCN)n2)CC1N(C)C. The molecule has 2 rings (SSSR count). The lowest BCUT2D eigenvalue weighted by Crippen LogP contribution is -2.34. The Bertz CT molecular complexity index is 377. The molecule has 0 aromatic carbocycles. The van der Waals surface area contributed by atoms with Gasteiger partial charge < -0.3 is 10.6 Å². The maximum atomic E-state index is 5.55. The molecule has 1 aromatic heterocycles. The normalized spacial score (nSPS) is 25.2. The molecule has 2 heterocycles. The molecule has 1 saturated heterocycles. The molecule has 102 valence electrons. The number of likely N-dealkylation sites (N-methyl/N-ethyl adjacent to an activating group) is 1. The van der Waals surface area contributed by atoms with Gasteiger partial charge in [0.1, 0.15) is 0 Å². The average molecular weight is 268 g/mol. The van der Waals surface area contributed by atoms with Crippen molar-refractivity contribution in [2.75, 3.05) is 33.7 Å². The summed E-state index contributed by atoms with van der Waals surface area (Å²) in [5, 5.41) is 3.35. The van der Waals surface area contributed by atoms with E-state index in [1.807, 2.05) is 0 Å². The van der Waals surface area contributed by atoms with Gasteiger partial charge >= 0.3 is 0 Å². The Morgan fingerprint density at radius 2 is 2.28 bits per heavy atom. The van der Waals surface area contributed by atoms with E-state index in [-0.39, 0.29) is 0 Å². The molecule has 0 aliphatic carbocycles.